The van der Waals surface area contributed by atoms with Crippen LogP contribution in [0.4, 0.5) is 5.69 Å². The lowest BCUT2D eigenvalue weighted by atomic mass is 10.0. The maximum atomic E-state index is 12.7. The van der Waals surface area contributed by atoms with Crippen molar-refractivity contribution in [3.8, 4) is 5.88 Å². The van der Waals surface area contributed by atoms with Gasteiger partial charge in [0.15, 0.2) is 0 Å². The highest BCUT2D eigenvalue weighted by Gasteiger charge is 2.25. The van der Waals surface area contributed by atoms with Crippen LogP contribution in [0, 0.1) is 0 Å². The summed E-state index contributed by atoms with van der Waals surface area (Å²) in [5, 5.41) is 3.47. The molecule has 2 aromatic heterocycles. The molecule has 6 nitrogen and oxygen atoms in total. The van der Waals surface area contributed by atoms with Crippen molar-refractivity contribution in [2.24, 2.45) is 0 Å². The van der Waals surface area contributed by atoms with Gasteiger partial charge in [0, 0.05) is 37.7 Å². The second-order valence-corrected chi connectivity index (χ2v) is 5.74. The van der Waals surface area contributed by atoms with Crippen molar-refractivity contribution >= 4 is 11.6 Å². The lowest BCUT2D eigenvalue weighted by Crippen LogP contribution is -2.42. The van der Waals surface area contributed by atoms with E-state index in [0.717, 1.165) is 31.6 Å². The zero-order valence-corrected chi connectivity index (χ0v) is 13.8. The molecule has 0 atom stereocenters. The van der Waals surface area contributed by atoms with Crippen LogP contribution >= 0.6 is 0 Å². The van der Waals surface area contributed by atoms with E-state index in [-0.39, 0.29) is 5.91 Å². The summed E-state index contributed by atoms with van der Waals surface area (Å²) in [7, 11) is 0. The highest BCUT2D eigenvalue weighted by molar-refractivity contribution is 5.96. The van der Waals surface area contributed by atoms with Gasteiger partial charge >= 0.3 is 0 Å². The van der Waals surface area contributed by atoms with Crippen molar-refractivity contribution in [1.29, 1.82) is 0 Å². The van der Waals surface area contributed by atoms with Crippen LogP contribution in [0.5, 0.6) is 5.88 Å². The molecule has 3 rings (SSSR count). The number of hydrogen-bond donors (Lipinski definition) is 1. The van der Waals surface area contributed by atoms with E-state index in [1.165, 1.54) is 0 Å². The number of amides is 1. The molecule has 126 valence electrons. The van der Waals surface area contributed by atoms with Crippen LogP contribution in [-0.4, -0.2) is 46.5 Å². The fourth-order valence-electron chi connectivity index (χ4n) is 2.89. The van der Waals surface area contributed by atoms with Gasteiger partial charge in [-0.05, 0) is 44.0 Å². The van der Waals surface area contributed by atoms with E-state index in [0.29, 0.717) is 24.1 Å². The molecule has 1 fully saturated rings. The van der Waals surface area contributed by atoms with E-state index in [4.69, 9.17) is 4.74 Å². The molecule has 0 radical (unpaired) electrons. The fourth-order valence-corrected chi connectivity index (χ4v) is 2.89. The number of ether oxygens (including phenoxy) is 1. The summed E-state index contributed by atoms with van der Waals surface area (Å²) in [4.78, 5) is 22.9. The average Bonchev–Trinajstić information content (AvgIpc) is 2.63. The van der Waals surface area contributed by atoms with Crippen molar-refractivity contribution in [3.63, 3.8) is 0 Å². The summed E-state index contributed by atoms with van der Waals surface area (Å²) >= 11 is 0. The molecule has 24 heavy (non-hydrogen) atoms. The first-order chi connectivity index (χ1) is 11.8. The van der Waals surface area contributed by atoms with Crippen LogP contribution in [0.25, 0.3) is 0 Å². The third kappa shape index (κ3) is 3.82. The normalized spacial score (nSPS) is 15.1. The number of pyridine rings is 2. The molecule has 6 heteroatoms. The molecule has 1 aliphatic heterocycles. The Morgan fingerprint density at radius 1 is 1.29 bits per heavy atom. The minimum Gasteiger partial charge on any atom is -0.477 e. The highest BCUT2D eigenvalue weighted by Crippen LogP contribution is 2.21. The van der Waals surface area contributed by atoms with Crippen LogP contribution in [-0.2, 0) is 0 Å². The number of likely N-dealkylation sites (tertiary alicyclic amines) is 1. The lowest BCUT2D eigenvalue weighted by molar-refractivity contribution is 0.0713. The van der Waals surface area contributed by atoms with E-state index in [2.05, 4.69) is 15.3 Å². The monoisotopic (exact) mass is 326 g/mol. The van der Waals surface area contributed by atoms with Gasteiger partial charge in [-0.3, -0.25) is 9.78 Å². The molecule has 0 spiro atoms. The maximum Gasteiger partial charge on any atom is 0.259 e. The van der Waals surface area contributed by atoms with E-state index < -0.39 is 0 Å². The van der Waals surface area contributed by atoms with Gasteiger partial charge in [-0.15, -0.1) is 0 Å². The first-order valence-corrected chi connectivity index (χ1v) is 8.31. The summed E-state index contributed by atoms with van der Waals surface area (Å²) in [6.07, 6.45) is 7.04. The molecule has 1 amide bonds. The van der Waals surface area contributed by atoms with Crippen LogP contribution in [0.1, 0.15) is 30.1 Å². The first-order valence-electron chi connectivity index (χ1n) is 8.31. The Kier molecular flexibility index (Phi) is 5.25. The zero-order chi connectivity index (χ0) is 16.8. The largest absolute Gasteiger partial charge is 0.477 e. The van der Waals surface area contributed by atoms with Crippen LogP contribution in [0.3, 0.4) is 0 Å². The average molecular weight is 326 g/mol. The molecule has 0 aromatic carbocycles. The van der Waals surface area contributed by atoms with Gasteiger partial charge in [0.25, 0.3) is 5.91 Å². The summed E-state index contributed by atoms with van der Waals surface area (Å²) < 4.78 is 5.47. The Balaban J connectivity index is 1.59. The predicted molar refractivity (Wildman–Crippen MR) is 92.2 cm³/mol. The molecule has 0 unspecified atom stereocenters. The quantitative estimate of drug-likeness (QED) is 0.915. The minimum absolute atomic E-state index is 0.00798. The number of piperidine rings is 1. The van der Waals surface area contributed by atoms with Crippen molar-refractivity contribution in [2.45, 2.75) is 25.8 Å². The zero-order valence-electron chi connectivity index (χ0n) is 13.8. The van der Waals surface area contributed by atoms with E-state index >= 15 is 0 Å². The fraction of sp³-hybridized carbons (Fsp3) is 0.389. The number of nitrogens with zero attached hydrogens (tertiary/aromatic N) is 3. The number of carbonyl (C=O) groups is 1. The number of nitrogens with one attached hydrogen (secondary N) is 1. The Labute approximate surface area is 141 Å². The molecule has 0 saturated carbocycles. The Bertz CT molecular complexity index is 670. The molecule has 1 saturated heterocycles. The third-order valence-electron chi connectivity index (χ3n) is 4.10. The van der Waals surface area contributed by atoms with E-state index in [1.54, 1.807) is 24.5 Å². The molecular weight excluding hydrogens is 304 g/mol. The van der Waals surface area contributed by atoms with E-state index in [1.807, 2.05) is 30.2 Å². The lowest BCUT2D eigenvalue weighted by Gasteiger charge is -2.33. The molecule has 0 aliphatic carbocycles. The Hall–Kier alpha value is -2.63. The van der Waals surface area contributed by atoms with Crippen LogP contribution in [0.15, 0.2) is 42.9 Å². The predicted octanol–water partition coefficient (Wildman–Crippen LogP) is 2.59. The molecule has 2 aromatic rings. The minimum atomic E-state index is -0.00798. The van der Waals surface area contributed by atoms with Gasteiger partial charge in [-0.25, -0.2) is 4.98 Å². The Morgan fingerprint density at radius 2 is 2.08 bits per heavy atom. The van der Waals surface area contributed by atoms with Crippen LogP contribution < -0.4 is 10.1 Å². The van der Waals surface area contributed by atoms with Crippen molar-refractivity contribution < 1.29 is 9.53 Å². The van der Waals surface area contributed by atoms with Gasteiger partial charge in [-0.1, -0.05) is 0 Å². The van der Waals surface area contributed by atoms with E-state index in [9.17, 15) is 4.79 Å². The highest BCUT2D eigenvalue weighted by atomic mass is 16.5. The summed E-state index contributed by atoms with van der Waals surface area (Å²) in [5.74, 6) is 0.409. The maximum absolute atomic E-state index is 12.7. The second kappa shape index (κ2) is 7.77. The van der Waals surface area contributed by atoms with Crippen molar-refractivity contribution in [1.82, 2.24) is 14.9 Å². The third-order valence-corrected chi connectivity index (χ3v) is 4.10. The van der Waals surface area contributed by atoms with Gasteiger partial charge in [0.05, 0.1) is 12.3 Å². The number of anilines is 1. The number of aromatic nitrogens is 2. The van der Waals surface area contributed by atoms with Gasteiger partial charge in [-0.2, -0.15) is 0 Å². The summed E-state index contributed by atoms with van der Waals surface area (Å²) in [6.45, 7) is 3.82. The number of hydrogen-bond acceptors (Lipinski definition) is 5. The number of carbonyl (C=O) groups excluding carboxylic acids is 1. The summed E-state index contributed by atoms with van der Waals surface area (Å²) in [5.41, 5.74) is 1.56. The molecular formula is C18H22N4O2. The second-order valence-electron chi connectivity index (χ2n) is 5.74. The first kappa shape index (κ1) is 16.2. The molecule has 3 heterocycles. The topological polar surface area (TPSA) is 67.3 Å². The molecule has 1 aliphatic rings. The standard InChI is InChI=1S/C18H22N4O2/c1-2-24-17-16(6-4-10-20-17)18(23)22-11-7-14(8-12-22)21-15-5-3-9-19-13-15/h3-6,9-10,13-14,21H,2,7-8,11-12H2,1H3. The van der Waals surface area contributed by atoms with Gasteiger partial charge in [0.2, 0.25) is 5.88 Å². The van der Waals surface area contributed by atoms with Gasteiger partial charge in [0.1, 0.15) is 5.56 Å². The van der Waals surface area contributed by atoms with Crippen molar-refractivity contribution in [2.75, 3.05) is 25.0 Å². The van der Waals surface area contributed by atoms with Crippen LogP contribution in [0.2, 0.25) is 0 Å². The Morgan fingerprint density at radius 3 is 2.79 bits per heavy atom. The number of rotatable bonds is 5. The molecule has 0 bridgehead atoms. The van der Waals surface area contributed by atoms with Crippen molar-refractivity contribution in [3.05, 3.63) is 48.4 Å². The van der Waals surface area contributed by atoms with Gasteiger partial charge < -0.3 is 15.0 Å². The molecule has 1 N–H and O–H groups in total. The smallest absolute Gasteiger partial charge is 0.259 e. The summed E-state index contributed by atoms with van der Waals surface area (Å²) in [6, 6.07) is 7.83. The SMILES string of the molecule is CCOc1ncccc1C(=O)N1CCC(Nc2cccnc2)CC1.